The molecule has 0 radical (unpaired) electrons. The molecule has 3 aliphatic rings. The lowest BCUT2D eigenvalue weighted by atomic mass is 9.75. The quantitative estimate of drug-likeness (QED) is 0.308. The molecule has 3 aliphatic carbocycles. The van der Waals surface area contributed by atoms with E-state index in [0.29, 0.717) is 11.8 Å². The van der Waals surface area contributed by atoms with Gasteiger partial charge in [-0.15, -0.1) is 0 Å². The molecule has 2 aromatic rings. The number of aliphatic hydroxyl groups is 2. The minimum absolute atomic E-state index is 0.110. The molecule has 5 rings (SSSR count). The fourth-order valence-electron chi connectivity index (χ4n) is 7.27. The van der Waals surface area contributed by atoms with Gasteiger partial charge in [0.25, 0.3) is 0 Å². The summed E-state index contributed by atoms with van der Waals surface area (Å²) in [7, 11) is 0. The van der Waals surface area contributed by atoms with Crippen molar-refractivity contribution >= 4 is 12.1 Å². The van der Waals surface area contributed by atoms with Gasteiger partial charge in [0.15, 0.2) is 0 Å². The number of esters is 1. The Balaban J connectivity index is 1.29. The van der Waals surface area contributed by atoms with E-state index in [1.165, 1.54) is 12.8 Å². The number of benzene rings is 2. The van der Waals surface area contributed by atoms with Crippen LogP contribution < -0.4 is 5.32 Å². The molecule has 3 N–H and O–H groups in total. The average molecular weight is 564 g/mol. The van der Waals surface area contributed by atoms with Crippen LogP contribution in [0.2, 0.25) is 0 Å². The minimum Gasteiger partial charge on any atom is -0.460 e. The Morgan fingerprint density at radius 2 is 1.37 bits per heavy atom. The largest absolute Gasteiger partial charge is 0.460 e. The standard InChI is InChI=1S/C34H45NO6/c1-22(30(37)20-36)31(33(38)41-32(23-12-4-2-5-13-23)24-14-6-3-7-15-24)35-34(39)40-21-29-27-18-10-8-16-25(27)26-17-9-11-19-28(26)29/h8-11,16-19,22-24,29-32,36-37H,2-7,12-15,20-21H2,1H3,(H,35,39). The molecule has 2 fully saturated rings. The average Bonchev–Trinajstić information content (AvgIpc) is 3.35. The normalized spacial score (nSPS) is 20.1. The van der Waals surface area contributed by atoms with Crippen LogP contribution >= 0.6 is 0 Å². The van der Waals surface area contributed by atoms with Crippen molar-refractivity contribution in [1.82, 2.24) is 5.32 Å². The lowest BCUT2D eigenvalue weighted by Gasteiger charge is -2.38. The molecule has 7 heteroatoms. The Hall–Kier alpha value is -2.90. The second-order valence-electron chi connectivity index (χ2n) is 12.3. The number of alkyl carbamates (subject to hydrolysis) is 1. The summed E-state index contributed by atoms with van der Waals surface area (Å²) in [4.78, 5) is 26.9. The van der Waals surface area contributed by atoms with Gasteiger partial charge in [-0.2, -0.15) is 0 Å². The van der Waals surface area contributed by atoms with E-state index in [-0.39, 0.29) is 18.6 Å². The van der Waals surface area contributed by atoms with E-state index >= 15 is 0 Å². The number of hydrogen-bond donors (Lipinski definition) is 3. The fourth-order valence-corrected chi connectivity index (χ4v) is 7.27. The zero-order valence-electron chi connectivity index (χ0n) is 24.2. The fraction of sp³-hybridized carbons (Fsp3) is 0.588. The monoisotopic (exact) mass is 563 g/mol. The van der Waals surface area contributed by atoms with Gasteiger partial charge in [-0.25, -0.2) is 9.59 Å². The Labute approximate surface area is 243 Å². The maximum Gasteiger partial charge on any atom is 0.407 e. The highest BCUT2D eigenvalue weighted by Crippen LogP contribution is 2.44. The maximum absolute atomic E-state index is 13.7. The van der Waals surface area contributed by atoms with Gasteiger partial charge in [0.1, 0.15) is 18.8 Å². The second-order valence-corrected chi connectivity index (χ2v) is 12.3. The first kappa shape index (κ1) is 29.6. The second kappa shape index (κ2) is 13.8. The molecule has 3 unspecified atom stereocenters. The molecule has 7 nitrogen and oxygen atoms in total. The lowest BCUT2D eigenvalue weighted by molar-refractivity contribution is -0.162. The van der Waals surface area contributed by atoms with Gasteiger partial charge in [-0.1, -0.05) is 94.0 Å². The highest BCUT2D eigenvalue weighted by molar-refractivity contribution is 5.82. The van der Waals surface area contributed by atoms with Gasteiger partial charge >= 0.3 is 12.1 Å². The van der Waals surface area contributed by atoms with Crippen LogP contribution in [-0.2, 0) is 14.3 Å². The SMILES string of the molecule is CC(C(O)CO)C(NC(=O)OCC1c2ccccc2-c2ccccc21)C(=O)OC(C1CCCCC1)C1CCCCC1. The number of carbonyl (C=O) groups excluding carboxylic acids is 2. The summed E-state index contributed by atoms with van der Waals surface area (Å²) >= 11 is 0. The number of ether oxygens (including phenoxy) is 2. The smallest absolute Gasteiger partial charge is 0.407 e. The minimum atomic E-state index is -1.19. The summed E-state index contributed by atoms with van der Waals surface area (Å²) in [6.45, 7) is 1.24. The van der Waals surface area contributed by atoms with Crippen LogP contribution in [0, 0.1) is 17.8 Å². The van der Waals surface area contributed by atoms with Crippen LogP contribution in [0.3, 0.4) is 0 Å². The van der Waals surface area contributed by atoms with E-state index in [4.69, 9.17) is 9.47 Å². The van der Waals surface area contributed by atoms with Crippen molar-refractivity contribution in [1.29, 1.82) is 0 Å². The number of hydrogen-bond acceptors (Lipinski definition) is 6. The van der Waals surface area contributed by atoms with E-state index in [0.717, 1.165) is 73.6 Å². The summed E-state index contributed by atoms with van der Waals surface area (Å²) < 4.78 is 12.0. The maximum atomic E-state index is 13.7. The molecule has 3 atom stereocenters. The van der Waals surface area contributed by atoms with Gasteiger partial charge < -0.3 is 25.0 Å². The third-order valence-electron chi connectivity index (χ3n) is 9.67. The summed E-state index contributed by atoms with van der Waals surface area (Å²) in [5, 5.41) is 22.8. The van der Waals surface area contributed by atoms with Crippen LogP contribution in [0.1, 0.15) is 88.2 Å². The summed E-state index contributed by atoms with van der Waals surface area (Å²) in [6.07, 6.45) is 9.09. The van der Waals surface area contributed by atoms with Crippen molar-refractivity contribution in [3.63, 3.8) is 0 Å². The first-order valence-electron chi connectivity index (χ1n) is 15.6. The van der Waals surface area contributed by atoms with Crippen molar-refractivity contribution in [2.45, 2.75) is 95.3 Å². The van der Waals surface area contributed by atoms with Gasteiger partial charge in [0.2, 0.25) is 0 Å². The van der Waals surface area contributed by atoms with Crippen LogP contribution in [0.4, 0.5) is 4.79 Å². The Morgan fingerprint density at radius 1 is 0.854 bits per heavy atom. The molecule has 41 heavy (non-hydrogen) atoms. The molecule has 222 valence electrons. The molecule has 0 spiro atoms. The Kier molecular flexibility index (Phi) is 9.99. The van der Waals surface area contributed by atoms with Crippen LogP contribution in [0.15, 0.2) is 48.5 Å². The highest BCUT2D eigenvalue weighted by Gasteiger charge is 2.39. The van der Waals surface area contributed by atoms with E-state index in [2.05, 4.69) is 29.6 Å². The molecule has 0 bridgehead atoms. The molecular formula is C34H45NO6. The molecule has 0 saturated heterocycles. The first-order chi connectivity index (χ1) is 20.0. The number of carbonyl (C=O) groups is 2. The van der Waals surface area contributed by atoms with Gasteiger partial charge in [-0.05, 0) is 59.8 Å². The predicted octanol–water partition coefficient (Wildman–Crippen LogP) is 5.96. The van der Waals surface area contributed by atoms with Crippen LogP contribution in [0.5, 0.6) is 0 Å². The van der Waals surface area contributed by atoms with Crippen molar-refractivity contribution in [3.8, 4) is 11.1 Å². The Bertz CT molecular complexity index is 1110. The van der Waals surface area contributed by atoms with Crippen molar-refractivity contribution in [2.75, 3.05) is 13.2 Å². The molecule has 0 aliphatic heterocycles. The summed E-state index contributed by atoms with van der Waals surface area (Å²) in [6, 6.07) is 15.1. The van der Waals surface area contributed by atoms with Crippen LogP contribution in [0.25, 0.3) is 11.1 Å². The molecule has 0 aromatic heterocycles. The molecule has 1 amide bonds. The van der Waals surface area contributed by atoms with E-state index in [1.54, 1.807) is 6.92 Å². The molecule has 0 heterocycles. The third kappa shape index (κ3) is 6.78. The number of nitrogens with one attached hydrogen (secondary N) is 1. The van der Waals surface area contributed by atoms with E-state index < -0.39 is 36.7 Å². The number of aliphatic hydroxyl groups excluding tert-OH is 2. The van der Waals surface area contributed by atoms with Crippen molar-refractivity contribution < 1.29 is 29.3 Å². The molecule has 2 saturated carbocycles. The number of amides is 1. The number of fused-ring (bicyclic) bond motifs is 3. The molecule has 2 aromatic carbocycles. The van der Waals surface area contributed by atoms with Crippen molar-refractivity contribution in [2.24, 2.45) is 17.8 Å². The highest BCUT2D eigenvalue weighted by atomic mass is 16.6. The van der Waals surface area contributed by atoms with Gasteiger partial charge in [0.05, 0.1) is 12.7 Å². The van der Waals surface area contributed by atoms with Crippen molar-refractivity contribution in [3.05, 3.63) is 59.7 Å². The third-order valence-corrected chi connectivity index (χ3v) is 9.67. The van der Waals surface area contributed by atoms with Gasteiger partial charge in [0, 0.05) is 11.8 Å². The lowest BCUT2D eigenvalue weighted by Crippen LogP contribution is -2.52. The number of rotatable bonds is 10. The Morgan fingerprint density at radius 3 is 1.88 bits per heavy atom. The zero-order valence-corrected chi connectivity index (χ0v) is 24.2. The zero-order chi connectivity index (χ0) is 28.8. The predicted molar refractivity (Wildman–Crippen MR) is 157 cm³/mol. The summed E-state index contributed by atoms with van der Waals surface area (Å²) in [5.41, 5.74) is 4.47. The first-order valence-corrected chi connectivity index (χ1v) is 15.6. The topological polar surface area (TPSA) is 105 Å². The van der Waals surface area contributed by atoms with E-state index in [9.17, 15) is 19.8 Å². The van der Waals surface area contributed by atoms with Gasteiger partial charge in [-0.3, -0.25) is 0 Å². The summed E-state index contributed by atoms with van der Waals surface area (Å²) in [5.74, 6) is -0.778. The van der Waals surface area contributed by atoms with E-state index in [1.807, 2.05) is 24.3 Å². The molecular weight excluding hydrogens is 518 g/mol. The van der Waals surface area contributed by atoms with Crippen LogP contribution in [-0.4, -0.2) is 53.7 Å².